The topological polar surface area (TPSA) is 102 Å². The molecule has 2 fully saturated rings. The second kappa shape index (κ2) is 21.7. The zero-order chi connectivity index (χ0) is 38.2. The molecule has 10 atom stereocenters. The minimum Gasteiger partial charge on any atom is -0.376 e. The van der Waals surface area contributed by atoms with E-state index in [1.807, 2.05) is 121 Å². The molecule has 55 heavy (non-hydrogen) atoms. The molecular formula is C44H54O11. The highest BCUT2D eigenvalue weighted by Crippen LogP contribution is 2.33. The number of ether oxygens (including phenoxy) is 11. The van der Waals surface area contributed by atoms with Crippen LogP contribution in [0.25, 0.3) is 0 Å². The second-order valence-corrected chi connectivity index (χ2v) is 13.5. The molecule has 0 bridgehead atoms. The standard InChI is InChI=1S/C44H54O11/c1-45-37-36(54-43(48-4)41(47-3)39(37)46-2)30-53-44-42(52-28-34-23-15-8-16-24-34)40(51-27-33-21-13-7-14-22-33)38(50-26-32-19-11-6-12-20-32)35(55-44)29-49-25-31-17-9-5-10-18-31/h5-24,35-44H,25-30H2,1-4H3/t35-,36-,37-,38-,39+,40+,41-,42-,43+,44+/m1/s1. The van der Waals surface area contributed by atoms with Gasteiger partial charge in [0.05, 0.1) is 39.6 Å². The van der Waals surface area contributed by atoms with E-state index in [0.29, 0.717) is 19.8 Å². The van der Waals surface area contributed by atoms with Gasteiger partial charge in [-0.05, 0) is 22.3 Å². The number of rotatable bonds is 20. The monoisotopic (exact) mass is 758 g/mol. The van der Waals surface area contributed by atoms with E-state index in [4.69, 9.17) is 52.1 Å². The molecule has 0 radical (unpaired) electrons. The van der Waals surface area contributed by atoms with Crippen LogP contribution < -0.4 is 0 Å². The van der Waals surface area contributed by atoms with Crippen LogP contribution in [0.15, 0.2) is 121 Å². The van der Waals surface area contributed by atoms with E-state index in [1.165, 1.54) is 0 Å². The lowest BCUT2D eigenvalue weighted by atomic mass is 9.97. The molecule has 0 amide bonds. The number of methoxy groups -OCH3 is 4. The van der Waals surface area contributed by atoms with Gasteiger partial charge in [0, 0.05) is 28.4 Å². The third-order valence-corrected chi connectivity index (χ3v) is 9.91. The zero-order valence-corrected chi connectivity index (χ0v) is 32.1. The summed E-state index contributed by atoms with van der Waals surface area (Å²) >= 11 is 0. The summed E-state index contributed by atoms with van der Waals surface area (Å²) < 4.78 is 69.8. The highest BCUT2D eigenvalue weighted by atomic mass is 16.7. The van der Waals surface area contributed by atoms with E-state index in [9.17, 15) is 0 Å². The molecule has 2 heterocycles. The van der Waals surface area contributed by atoms with Gasteiger partial charge in [0.15, 0.2) is 12.6 Å². The molecule has 0 spiro atoms. The summed E-state index contributed by atoms with van der Waals surface area (Å²) in [5, 5.41) is 0. The maximum Gasteiger partial charge on any atom is 0.187 e. The SMILES string of the molecule is CO[C@H]1O[C@H](CO[C@H]2O[C@H](COCc3ccccc3)[C@@H](OCc3ccccc3)[C@H](OCc3ccccc3)[C@H]2OCc2ccccc2)[C@@H](OC)[C@H](OC)[C@H]1OC. The molecule has 4 aromatic rings. The van der Waals surface area contributed by atoms with Gasteiger partial charge in [0.25, 0.3) is 0 Å². The number of hydrogen-bond donors (Lipinski definition) is 0. The Balaban J connectivity index is 1.31. The van der Waals surface area contributed by atoms with Gasteiger partial charge in [-0.15, -0.1) is 0 Å². The van der Waals surface area contributed by atoms with E-state index >= 15 is 0 Å². The first-order valence-electron chi connectivity index (χ1n) is 18.7. The first-order chi connectivity index (χ1) is 27.1. The van der Waals surface area contributed by atoms with Crippen LogP contribution in [-0.2, 0) is 78.5 Å². The molecule has 4 aromatic carbocycles. The van der Waals surface area contributed by atoms with E-state index in [2.05, 4.69) is 0 Å². The summed E-state index contributed by atoms with van der Waals surface area (Å²) in [5.74, 6) is 0. The van der Waals surface area contributed by atoms with Crippen molar-refractivity contribution in [3.05, 3.63) is 144 Å². The third kappa shape index (κ3) is 11.3. The molecule has 296 valence electrons. The van der Waals surface area contributed by atoms with Crippen LogP contribution in [0.3, 0.4) is 0 Å². The van der Waals surface area contributed by atoms with Crippen LogP contribution >= 0.6 is 0 Å². The van der Waals surface area contributed by atoms with Crippen molar-refractivity contribution < 1.29 is 52.1 Å². The van der Waals surface area contributed by atoms with Gasteiger partial charge in [-0.2, -0.15) is 0 Å². The molecule has 0 unspecified atom stereocenters. The summed E-state index contributed by atoms with van der Waals surface area (Å²) in [4.78, 5) is 0. The van der Waals surface area contributed by atoms with Crippen molar-refractivity contribution in [1.82, 2.24) is 0 Å². The first-order valence-corrected chi connectivity index (χ1v) is 18.7. The molecular weight excluding hydrogens is 704 g/mol. The van der Waals surface area contributed by atoms with E-state index in [-0.39, 0.29) is 19.8 Å². The van der Waals surface area contributed by atoms with Crippen molar-refractivity contribution >= 4 is 0 Å². The van der Waals surface area contributed by atoms with Crippen LogP contribution in [0.5, 0.6) is 0 Å². The Morgan fingerprint density at radius 3 is 1.25 bits per heavy atom. The Morgan fingerprint density at radius 1 is 0.364 bits per heavy atom. The highest BCUT2D eigenvalue weighted by molar-refractivity contribution is 5.16. The van der Waals surface area contributed by atoms with Gasteiger partial charge in [0.2, 0.25) is 0 Å². The quantitative estimate of drug-likeness (QED) is 0.104. The van der Waals surface area contributed by atoms with E-state index < -0.39 is 61.4 Å². The highest BCUT2D eigenvalue weighted by Gasteiger charge is 2.51. The van der Waals surface area contributed by atoms with Gasteiger partial charge >= 0.3 is 0 Å². The van der Waals surface area contributed by atoms with Crippen molar-refractivity contribution in [3.63, 3.8) is 0 Å². The third-order valence-electron chi connectivity index (χ3n) is 9.91. The minimum absolute atomic E-state index is 0.0586. The fourth-order valence-electron chi connectivity index (χ4n) is 7.07. The van der Waals surface area contributed by atoms with Gasteiger partial charge in [-0.3, -0.25) is 0 Å². The Kier molecular flexibility index (Phi) is 16.2. The van der Waals surface area contributed by atoms with Gasteiger partial charge in [0.1, 0.15) is 48.8 Å². The molecule has 0 N–H and O–H groups in total. The summed E-state index contributed by atoms with van der Waals surface area (Å²) in [6.07, 6.45) is -6.36. The van der Waals surface area contributed by atoms with Gasteiger partial charge in [-0.1, -0.05) is 121 Å². The van der Waals surface area contributed by atoms with Gasteiger partial charge < -0.3 is 52.1 Å². The molecule has 11 heteroatoms. The Hall–Kier alpha value is -3.56. The van der Waals surface area contributed by atoms with Crippen molar-refractivity contribution in [2.75, 3.05) is 41.7 Å². The molecule has 0 aromatic heterocycles. The normalized spacial score (nSPS) is 28.2. The lowest BCUT2D eigenvalue weighted by Gasteiger charge is -2.47. The fourth-order valence-corrected chi connectivity index (χ4v) is 7.07. The fraction of sp³-hybridized carbons (Fsp3) is 0.455. The summed E-state index contributed by atoms with van der Waals surface area (Å²) in [6.45, 7) is 1.59. The largest absolute Gasteiger partial charge is 0.376 e. The molecule has 11 nitrogen and oxygen atoms in total. The molecule has 0 saturated carbocycles. The predicted molar refractivity (Wildman–Crippen MR) is 204 cm³/mol. The summed E-state index contributed by atoms with van der Waals surface area (Å²) in [5.41, 5.74) is 4.06. The van der Waals surface area contributed by atoms with Crippen LogP contribution in [0.2, 0.25) is 0 Å². The predicted octanol–water partition coefficient (Wildman–Crippen LogP) is 6.12. The summed E-state index contributed by atoms with van der Waals surface area (Å²) in [6, 6.07) is 40.1. The zero-order valence-electron chi connectivity index (χ0n) is 32.1. The maximum absolute atomic E-state index is 6.86. The Labute approximate surface area is 324 Å². The van der Waals surface area contributed by atoms with Crippen molar-refractivity contribution in [3.8, 4) is 0 Å². The molecule has 0 aliphatic carbocycles. The lowest BCUT2D eigenvalue weighted by Crippen LogP contribution is -2.63. The average molecular weight is 759 g/mol. The minimum atomic E-state index is -0.922. The van der Waals surface area contributed by atoms with Crippen molar-refractivity contribution in [1.29, 1.82) is 0 Å². The van der Waals surface area contributed by atoms with E-state index in [0.717, 1.165) is 22.3 Å². The maximum atomic E-state index is 6.86. The molecule has 2 saturated heterocycles. The molecule has 2 aliphatic heterocycles. The van der Waals surface area contributed by atoms with Crippen LogP contribution in [0.1, 0.15) is 22.3 Å². The van der Waals surface area contributed by atoms with Crippen molar-refractivity contribution in [2.45, 2.75) is 87.8 Å². The average Bonchev–Trinajstić information content (AvgIpc) is 3.24. The van der Waals surface area contributed by atoms with Crippen LogP contribution in [0, 0.1) is 0 Å². The number of hydrogen-bond acceptors (Lipinski definition) is 11. The first kappa shape index (κ1) is 41.1. The van der Waals surface area contributed by atoms with E-state index in [1.54, 1.807) is 28.4 Å². The molecule has 2 aliphatic rings. The van der Waals surface area contributed by atoms with Crippen molar-refractivity contribution in [2.24, 2.45) is 0 Å². The lowest BCUT2D eigenvalue weighted by molar-refractivity contribution is -0.346. The van der Waals surface area contributed by atoms with Crippen LogP contribution in [0.4, 0.5) is 0 Å². The smallest absolute Gasteiger partial charge is 0.187 e. The molecule has 6 rings (SSSR count). The Morgan fingerprint density at radius 2 is 0.782 bits per heavy atom. The Bertz CT molecular complexity index is 1620. The van der Waals surface area contributed by atoms with Gasteiger partial charge in [-0.25, -0.2) is 0 Å². The second-order valence-electron chi connectivity index (χ2n) is 13.5. The number of benzene rings is 4. The summed E-state index contributed by atoms with van der Waals surface area (Å²) in [7, 11) is 6.38. The van der Waals surface area contributed by atoms with Crippen LogP contribution in [-0.4, -0.2) is 103 Å².